The second-order valence-electron chi connectivity index (χ2n) is 4.18. The summed E-state index contributed by atoms with van der Waals surface area (Å²) in [5.41, 5.74) is 0.857. The maximum Gasteiger partial charge on any atom is 0.294 e. The number of hydrogen-bond donors (Lipinski definition) is 0. The Morgan fingerprint density at radius 3 is 2.61 bits per heavy atom. The van der Waals surface area contributed by atoms with Crippen LogP contribution in [-0.2, 0) is 4.79 Å². The van der Waals surface area contributed by atoms with Crippen LogP contribution < -0.4 is 4.90 Å². The molecule has 0 N–H and O–H groups in total. The highest BCUT2D eigenvalue weighted by molar-refractivity contribution is 5.69. The van der Waals surface area contributed by atoms with Crippen LogP contribution in [0.3, 0.4) is 0 Å². The number of nitrogens with zero attached hydrogens (tertiary/aromatic N) is 3. The summed E-state index contributed by atoms with van der Waals surface area (Å²) in [7, 11) is 0. The van der Waals surface area contributed by atoms with Crippen molar-refractivity contribution in [3.63, 3.8) is 0 Å². The standard InChI is InChI=1S/C12H13N3O3/c16-9-13-10-4-5-11(12(8-10)15(17)18)14-6-2-1-3-7-14/h4-5,8H,1-3,6-7H2. The van der Waals surface area contributed by atoms with Gasteiger partial charge in [0.15, 0.2) is 0 Å². The number of benzene rings is 1. The Balaban J connectivity index is 2.39. The fourth-order valence-corrected chi connectivity index (χ4v) is 2.18. The highest BCUT2D eigenvalue weighted by atomic mass is 16.6. The smallest absolute Gasteiger partial charge is 0.294 e. The van der Waals surface area contributed by atoms with E-state index in [2.05, 4.69) is 4.99 Å². The van der Waals surface area contributed by atoms with E-state index < -0.39 is 4.92 Å². The lowest BCUT2D eigenvalue weighted by molar-refractivity contribution is -0.384. The number of rotatable bonds is 3. The molecule has 6 nitrogen and oxygen atoms in total. The third-order valence-electron chi connectivity index (χ3n) is 3.03. The number of anilines is 1. The van der Waals surface area contributed by atoms with Crippen molar-refractivity contribution >= 4 is 23.1 Å². The Hall–Kier alpha value is -2.20. The van der Waals surface area contributed by atoms with Crippen LogP contribution in [0.25, 0.3) is 0 Å². The maximum absolute atomic E-state index is 11.1. The summed E-state index contributed by atoms with van der Waals surface area (Å²) in [6.45, 7) is 1.66. The van der Waals surface area contributed by atoms with Gasteiger partial charge in [0.2, 0.25) is 6.08 Å². The fourth-order valence-electron chi connectivity index (χ4n) is 2.18. The summed E-state index contributed by atoms with van der Waals surface area (Å²) >= 11 is 0. The molecule has 0 atom stereocenters. The number of nitro groups is 1. The first-order valence-electron chi connectivity index (χ1n) is 5.83. The summed E-state index contributed by atoms with van der Waals surface area (Å²) in [6, 6.07) is 4.57. The second-order valence-corrected chi connectivity index (χ2v) is 4.18. The number of isocyanates is 1. The minimum atomic E-state index is -0.437. The van der Waals surface area contributed by atoms with Crippen molar-refractivity contribution in [1.82, 2.24) is 0 Å². The van der Waals surface area contributed by atoms with E-state index in [1.807, 2.05) is 4.90 Å². The highest BCUT2D eigenvalue weighted by Gasteiger charge is 2.21. The zero-order valence-corrected chi connectivity index (χ0v) is 9.83. The van der Waals surface area contributed by atoms with Crippen molar-refractivity contribution in [2.75, 3.05) is 18.0 Å². The molecule has 2 rings (SSSR count). The van der Waals surface area contributed by atoms with Gasteiger partial charge >= 0.3 is 0 Å². The normalized spacial score (nSPS) is 15.0. The average molecular weight is 247 g/mol. The van der Waals surface area contributed by atoms with Crippen LogP contribution >= 0.6 is 0 Å². The minimum Gasteiger partial charge on any atom is -0.366 e. The van der Waals surface area contributed by atoms with Crippen molar-refractivity contribution in [1.29, 1.82) is 0 Å². The van der Waals surface area contributed by atoms with Gasteiger partial charge in [0.1, 0.15) is 5.69 Å². The van der Waals surface area contributed by atoms with Gasteiger partial charge in [-0.15, -0.1) is 0 Å². The van der Waals surface area contributed by atoms with Crippen LogP contribution in [0.5, 0.6) is 0 Å². The first-order valence-corrected chi connectivity index (χ1v) is 5.83. The monoisotopic (exact) mass is 247 g/mol. The average Bonchev–Trinajstić information content (AvgIpc) is 2.40. The van der Waals surface area contributed by atoms with Gasteiger partial charge in [-0.1, -0.05) is 0 Å². The molecular weight excluding hydrogens is 234 g/mol. The van der Waals surface area contributed by atoms with Crippen molar-refractivity contribution < 1.29 is 9.72 Å². The third kappa shape index (κ3) is 2.55. The Kier molecular flexibility index (Phi) is 3.69. The quantitative estimate of drug-likeness (QED) is 0.356. The Labute approximate surface area is 104 Å². The van der Waals surface area contributed by atoms with E-state index in [0.717, 1.165) is 32.4 Å². The van der Waals surface area contributed by atoms with Gasteiger partial charge in [-0.2, -0.15) is 4.99 Å². The number of carbonyl (C=O) groups excluding carboxylic acids is 1. The summed E-state index contributed by atoms with van der Waals surface area (Å²) in [6.07, 6.45) is 4.65. The molecule has 0 radical (unpaired) electrons. The van der Waals surface area contributed by atoms with Gasteiger partial charge in [-0.25, -0.2) is 4.79 Å². The first kappa shape index (κ1) is 12.3. The molecule has 6 heteroatoms. The summed E-state index contributed by atoms with van der Waals surface area (Å²) in [4.78, 5) is 26.2. The van der Waals surface area contributed by atoms with Crippen LogP contribution in [0, 0.1) is 10.1 Å². The summed E-state index contributed by atoms with van der Waals surface area (Å²) in [5, 5.41) is 11.1. The topological polar surface area (TPSA) is 75.8 Å². The molecule has 1 aromatic carbocycles. The zero-order chi connectivity index (χ0) is 13.0. The largest absolute Gasteiger partial charge is 0.366 e. The molecule has 0 bridgehead atoms. The molecule has 1 fully saturated rings. The maximum atomic E-state index is 11.1. The lowest BCUT2D eigenvalue weighted by Crippen LogP contribution is -2.29. The van der Waals surface area contributed by atoms with Gasteiger partial charge in [0.05, 0.1) is 10.6 Å². The molecular formula is C12H13N3O3. The molecule has 18 heavy (non-hydrogen) atoms. The Morgan fingerprint density at radius 1 is 1.28 bits per heavy atom. The zero-order valence-electron chi connectivity index (χ0n) is 9.83. The fraction of sp³-hybridized carbons (Fsp3) is 0.417. The molecule has 1 heterocycles. The molecule has 94 valence electrons. The number of piperidine rings is 1. The molecule has 0 unspecified atom stereocenters. The van der Waals surface area contributed by atoms with Crippen LogP contribution in [0.4, 0.5) is 17.1 Å². The van der Waals surface area contributed by atoms with E-state index in [-0.39, 0.29) is 11.4 Å². The van der Waals surface area contributed by atoms with Crippen molar-refractivity contribution in [3.05, 3.63) is 28.3 Å². The molecule has 0 amide bonds. The molecule has 0 spiro atoms. The third-order valence-corrected chi connectivity index (χ3v) is 3.03. The van der Waals surface area contributed by atoms with E-state index in [0.29, 0.717) is 5.69 Å². The minimum absolute atomic E-state index is 0.00611. The van der Waals surface area contributed by atoms with E-state index in [4.69, 9.17) is 0 Å². The molecule has 0 aromatic heterocycles. The lowest BCUT2D eigenvalue weighted by Gasteiger charge is -2.28. The van der Waals surface area contributed by atoms with Gasteiger partial charge in [0, 0.05) is 19.2 Å². The number of aliphatic imine (C=N–C) groups is 1. The second kappa shape index (κ2) is 5.42. The van der Waals surface area contributed by atoms with E-state index >= 15 is 0 Å². The van der Waals surface area contributed by atoms with Gasteiger partial charge in [0.25, 0.3) is 5.69 Å². The van der Waals surface area contributed by atoms with Crippen LogP contribution in [0.2, 0.25) is 0 Å². The van der Waals surface area contributed by atoms with Crippen LogP contribution in [-0.4, -0.2) is 24.1 Å². The van der Waals surface area contributed by atoms with Gasteiger partial charge < -0.3 is 4.90 Å². The highest BCUT2D eigenvalue weighted by Crippen LogP contribution is 2.33. The summed E-state index contributed by atoms with van der Waals surface area (Å²) < 4.78 is 0. The van der Waals surface area contributed by atoms with Gasteiger partial charge in [-0.3, -0.25) is 10.1 Å². The Morgan fingerprint density at radius 2 is 2.00 bits per heavy atom. The van der Waals surface area contributed by atoms with E-state index in [9.17, 15) is 14.9 Å². The van der Waals surface area contributed by atoms with E-state index in [1.54, 1.807) is 12.1 Å². The predicted molar refractivity (Wildman–Crippen MR) is 66.9 cm³/mol. The number of nitro benzene ring substituents is 1. The molecule has 0 aliphatic carbocycles. The SMILES string of the molecule is O=C=Nc1ccc(N2CCCCC2)c([N+](=O)[O-])c1. The molecule has 1 aliphatic rings. The van der Waals surface area contributed by atoms with Crippen LogP contribution in [0.1, 0.15) is 19.3 Å². The summed E-state index contributed by atoms with van der Waals surface area (Å²) in [5.74, 6) is 0. The van der Waals surface area contributed by atoms with E-state index in [1.165, 1.54) is 12.1 Å². The van der Waals surface area contributed by atoms with Crippen molar-refractivity contribution in [2.45, 2.75) is 19.3 Å². The van der Waals surface area contributed by atoms with Crippen molar-refractivity contribution in [2.24, 2.45) is 4.99 Å². The Bertz CT molecular complexity index is 503. The number of hydrogen-bond acceptors (Lipinski definition) is 5. The molecule has 1 aromatic rings. The van der Waals surface area contributed by atoms with Crippen molar-refractivity contribution in [3.8, 4) is 0 Å². The lowest BCUT2D eigenvalue weighted by atomic mass is 10.1. The molecule has 1 aliphatic heterocycles. The molecule has 0 saturated carbocycles. The van der Waals surface area contributed by atoms with Gasteiger partial charge in [-0.05, 0) is 31.4 Å². The van der Waals surface area contributed by atoms with Crippen LogP contribution in [0.15, 0.2) is 23.2 Å². The predicted octanol–water partition coefficient (Wildman–Crippen LogP) is 2.55. The first-order chi connectivity index (χ1) is 8.72. The molecule has 1 saturated heterocycles.